The van der Waals surface area contributed by atoms with Gasteiger partial charge in [-0.15, -0.1) is 0 Å². The zero-order valence-electron chi connectivity index (χ0n) is 9.16. The maximum absolute atomic E-state index is 11.7. The first-order valence-electron chi connectivity index (χ1n) is 5.07. The minimum atomic E-state index is -0.827. The number of hydrogen-bond acceptors (Lipinski definition) is 3. The van der Waals surface area contributed by atoms with Gasteiger partial charge in [0.15, 0.2) is 0 Å². The summed E-state index contributed by atoms with van der Waals surface area (Å²) in [6, 6.07) is 5.35. The molecule has 1 atom stereocenters. The lowest BCUT2D eigenvalue weighted by Gasteiger charge is -2.22. The highest BCUT2D eigenvalue weighted by atomic mass is 16.2. The van der Waals surface area contributed by atoms with Crippen LogP contribution in [0.4, 0.5) is 5.82 Å². The van der Waals surface area contributed by atoms with Crippen LogP contribution in [0.3, 0.4) is 0 Å². The number of pyridine rings is 1. The summed E-state index contributed by atoms with van der Waals surface area (Å²) in [5.41, 5.74) is 5.05. The first-order chi connectivity index (χ1) is 7.06. The number of nitrogens with two attached hydrogens (primary N) is 1. The lowest BCUT2D eigenvalue weighted by atomic mass is 9.96. The van der Waals surface area contributed by atoms with Crippen LogP contribution in [-0.4, -0.2) is 16.4 Å². The number of rotatable bonds is 4. The van der Waals surface area contributed by atoms with Crippen LogP contribution >= 0.6 is 0 Å². The highest BCUT2D eigenvalue weighted by molar-refractivity contribution is 5.96. The molecule has 0 aromatic carbocycles. The molecular formula is C11H17N3O. The lowest BCUT2D eigenvalue weighted by Crippen LogP contribution is -2.48. The van der Waals surface area contributed by atoms with Crippen molar-refractivity contribution in [3.05, 3.63) is 24.4 Å². The van der Waals surface area contributed by atoms with Gasteiger partial charge in [0.05, 0.1) is 5.54 Å². The van der Waals surface area contributed by atoms with Crippen molar-refractivity contribution in [2.75, 3.05) is 5.32 Å². The second-order valence-electron chi connectivity index (χ2n) is 3.84. The van der Waals surface area contributed by atoms with Crippen molar-refractivity contribution >= 4 is 11.7 Å². The van der Waals surface area contributed by atoms with Gasteiger partial charge in [-0.1, -0.05) is 19.4 Å². The fourth-order valence-corrected chi connectivity index (χ4v) is 1.33. The van der Waals surface area contributed by atoms with Crippen molar-refractivity contribution in [3.8, 4) is 0 Å². The molecule has 0 spiro atoms. The monoisotopic (exact) mass is 207 g/mol. The van der Waals surface area contributed by atoms with Crippen LogP contribution in [0.15, 0.2) is 24.4 Å². The van der Waals surface area contributed by atoms with Crippen molar-refractivity contribution in [2.24, 2.45) is 5.73 Å². The fourth-order valence-electron chi connectivity index (χ4n) is 1.33. The van der Waals surface area contributed by atoms with E-state index in [0.29, 0.717) is 12.2 Å². The summed E-state index contributed by atoms with van der Waals surface area (Å²) >= 11 is 0. The van der Waals surface area contributed by atoms with E-state index >= 15 is 0 Å². The van der Waals surface area contributed by atoms with Crippen LogP contribution in [0.2, 0.25) is 0 Å². The van der Waals surface area contributed by atoms with Crippen LogP contribution in [-0.2, 0) is 4.79 Å². The average molecular weight is 207 g/mol. The second kappa shape index (κ2) is 4.89. The molecule has 0 fully saturated rings. The van der Waals surface area contributed by atoms with Gasteiger partial charge in [0.25, 0.3) is 0 Å². The first kappa shape index (κ1) is 11.7. The van der Waals surface area contributed by atoms with Crippen molar-refractivity contribution in [1.82, 2.24) is 4.98 Å². The van der Waals surface area contributed by atoms with Crippen LogP contribution in [0.25, 0.3) is 0 Å². The van der Waals surface area contributed by atoms with Gasteiger partial charge in [-0.2, -0.15) is 0 Å². The van der Waals surface area contributed by atoms with E-state index in [-0.39, 0.29) is 5.91 Å². The first-order valence-corrected chi connectivity index (χ1v) is 5.07. The molecule has 1 heterocycles. The molecule has 0 aliphatic rings. The standard InChI is InChI=1S/C11H17N3O/c1-3-7-11(2,12)10(15)14-9-6-4-5-8-13-9/h4-6,8H,3,7,12H2,1-2H3,(H,13,14,15). The van der Waals surface area contributed by atoms with Gasteiger partial charge >= 0.3 is 0 Å². The van der Waals surface area contributed by atoms with E-state index in [4.69, 9.17) is 5.73 Å². The van der Waals surface area contributed by atoms with Gasteiger partial charge in [0.1, 0.15) is 5.82 Å². The van der Waals surface area contributed by atoms with Gasteiger partial charge in [-0.3, -0.25) is 4.79 Å². The zero-order chi connectivity index (χ0) is 11.3. The number of carbonyl (C=O) groups is 1. The Bertz CT molecular complexity index is 322. The molecule has 1 amide bonds. The normalized spacial score (nSPS) is 14.3. The van der Waals surface area contributed by atoms with Crippen molar-refractivity contribution in [2.45, 2.75) is 32.2 Å². The smallest absolute Gasteiger partial charge is 0.245 e. The van der Waals surface area contributed by atoms with E-state index < -0.39 is 5.54 Å². The number of hydrogen-bond donors (Lipinski definition) is 2. The van der Waals surface area contributed by atoms with E-state index in [9.17, 15) is 4.79 Å². The maximum Gasteiger partial charge on any atom is 0.245 e. The molecule has 0 bridgehead atoms. The van der Waals surface area contributed by atoms with Gasteiger partial charge in [0, 0.05) is 6.20 Å². The highest BCUT2D eigenvalue weighted by Gasteiger charge is 2.27. The van der Waals surface area contributed by atoms with Gasteiger partial charge in [-0.25, -0.2) is 4.98 Å². The fraction of sp³-hybridized carbons (Fsp3) is 0.455. The van der Waals surface area contributed by atoms with Gasteiger partial charge in [0.2, 0.25) is 5.91 Å². The topological polar surface area (TPSA) is 68.0 Å². The number of aromatic nitrogens is 1. The number of nitrogens with one attached hydrogen (secondary N) is 1. The molecule has 0 aliphatic heterocycles. The summed E-state index contributed by atoms with van der Waals surface area (Å²) in [6.45, 7) is 3.73. The predicted octanol–water partition coefficient (Wildman–Crippen LogP) is 1.54. The SMILES string of the molecule is CCCC(C)(N)C(=O)Nc1ccccn1. The molecule has 0 aliphatic carbocycles. The Morgan fingerprint density at radius 3 is 2.87 bits per heavy atom. The Morgan fingerprint density at radius 2 is 2.33 bits per heavy atom. The van der Waals surface area contributed by atoms with Crippen LogP contribution in [0, 0.1) is 0 Å². The van der Waals surface area contributed by atoms with E-state index in [1.807, 2.05) is 13.0 Å². The Labute approximate surface area is 89.9 Å². The predicted molar refractivity (Wildman–Crippen MR) is 60.4 cm³/mol. The van der Waals surface area contributed by atoms with E-state index in [1.165, 1.54) is 0 Å². The minimum Gasteiger partial charge on any atom is -0.318 e. The molecular weight excluding hydrogens is 190 g/mol. The van der Waals surface area contributed by atoms with E-state index in [1.54, 1.807) is 25.3 Å². The third-order valence-electron chi connectivity index (χ3n) is 2.19. The quantitative estimate of drug-likeness (QED) is 0.786. The van der Waals surface area contributed by atoms with Gasteiger partial charge in [-0.05, 0) is 25.5 Å². The Balaban J connectivity index is 2.63. The summed E-state index contributed by atoms with van der Waals surface area (Å²) in [7, 11) is 0. The average Bonchev–Trinajstić information content (AvgIpc) is 2.19. The summed E-state index contributed by atoms with van der Waals surface area (Å²) in [6.07, 6.45) is 3.16. The number of nitrogens with zero attached hydrogens (tertiary/aromatic N) is 1. The molecule has 3 N–H and O–H groups in total. The Hall–Kier alpha value is -1.42. The molecule has 15 heavy (non-hydrogen) atoms. The third kappa shape index (κ3) is 3.32. The molecule has 1 aromatic rings. The molecule has 1 rings (SSSR count). The largest absolute Gasteiger partial charge is 0.318 e. The molecule has 4 nitrogen and oxygen atoms in total. The number of amides is 1. The Kier molecular flexibility index (Phi) is 3.80. The molecule has 0 radical (unpaired) electrons. The van der Waals surface area contributed by atoms with Crippen LogP contribution in [0.1, 0.15) is 26.7 Å². The summed E-state index contributed by atoms with van der Waals surface area (Å²) in [4.78, 5) is 15.8. The molecule has 1 aromatic heterocycles. The summed E-state index contributed by atoms with van der Waals surface area (Å²) in [5, 5.41) is 2.69. The molecule has 0 saturated heterocycles. The van der Waals surface area contributed by atoms with E-state index in [2.05, 4.69) is 10.3 Å². The molecule has 82 valence electrons. The Morgan fingerprint density at radius 1 is 1.60 bits per heavy atom. The molecule has 0 saturated carbocycles. The summed E-state index contributed by atoms with van der Waals surface area (Å²) < 4.78 is 0. The van der Waals surface area contributed by atoms with Crippen molar-refractivity contribution < 1.29 is 4.79 Å². The van der Waals surface area contributed by atoms with Crippen molar-refractivity contribution in [3.63, 3.8) is 0 Å². The molecule has 4 heteroatoms. The van der Waals surface area contributed by atoms with Crippen molar-refractivity contribution in [1.29, 1.82) is 0 Å². The second-order valence-corrected chi connectivity index (χ2v) is 3.84. The minimum absolute atomic E-state index is 0.192. The number of anilines is 1. The zero-order valence-corrected chi connectivity index (χ0v) is 9.16. The maximum atomic E-state index is 11.7. The highest BCUT2D eigenvalue weighted by Crippen LogP contribution is 2.11. The van der Waals surface area contributed by atoms with Crippen LogP contribution < -0.4 is 11.1 Å². The molecule has 1 unspecified atom stereocenters. The van der Waals surface area contributed by atoms with Crippen LogP contribution in [0.5, 0.6) is 0 Å². The van der Waals surface area contributed by atoms with Gasteiger partial charge < -0.3 is 11.1 Å². The van der Waals surface area contributed by atoms with E-state index in [0.717, 1.165) is 6.42 Å². The summed E-state index contributed by atoms with van der Waals surface area (Å²) in [5.74, 6) is 0.346. The third-order valence-corrected chi connectivity index (χ3v) is 2.19. The lowest BCUT2D eigenvalue weighted by molar-refractivity contribution is -0.120. The number of carbonyl (C=O) groups excluding carboxylic acids is 1.